The molecule has 116 valence electrons. The lowest BCUT2D eigenvalue weighted by molar-refractivity contribution is 0.120. The molecule has 1 aromatic rings. The Hall–Kier alpha value is -1.07. The third-order valence-corrected chi connectivity index (χ3v) is 6.41. The summed E-state index contributed by atoms with van der Waals surface area (Å²) in [4.78, 5) is 0. The minimum absolute atomic E-state index is 0.125. The van der Waals surface area contributed by atoms with Gasteiger partial charge in [0.1, 0.15) is 5.75 Å². The largest absolute Gasteiger partial charge is 0.493 e. The van der Waals surface area contributed by atoms with Crippen LogP contribution in [0.15, 0.2) is 24.3 Å². The number of hydrogen-bond donors (Lipinski definition) is 1. The van der Waals surface area contributed by atoms with Gasteiger partial charge in [0.2, 0.25) is 0 Å². The van der Waals surface area contributed by atoms with Gasteiger partial charge >= 0.3 is 0 Å². The average molecular weight is 310 g/mol. The molecule has 3 unspecified atom stereocenters. The van der Waals surface area contributed by atoms with Gasteiger partial charge in [0, 0.05) is 0 Å². The molecule has 21 heavy (non-hydrogen) atoms. The molecule has 2 heterocycles. The van der Waals surface area contributed by atoms with Crippen LogP contribution in [0.5, 0.6) is 5.75 Å². The molecule has 0 saturated carbocycles. The van der Waals surface area contributed by atoms with Crippen LogP contribution in [0.25, 0.3) is 0 Å². The summed E-state index contributed by atoms with van der Waals surface area (Å²) in [5.41, 5.74) is 1.17. The molecule has 4 nitrogen and oxygen atoms in total. The van der Waals surface area contributed by atoms with Crippen molar-refractivity contribution in [1.29, 1.82) is 0 Å². The summed E-state index contributed by atoms with van der Waals surface area (Å²) in [6, 6.07) is 7.99. The second-order valence-corrected chi connectivity index (χ2v) is 8.49. The average Bonchev–Trinajstić information content (AvgIpc) is 2.78. The van der Waals surface area contributed by atoms with E-state index < -0.39 is 15.9 Å². The van der Waals surface area contributed by atoms with Crippen molar-refractivity contribution in [3.8, 4) is 5.75 Å². The summed E-state index contributed by atoms with van der Waals surface area (Å²) in [6.07, 6.45) is 2.47. The minimum atomic E-state index is -2.85. The summed E-state index contributed by atoms with van der Waals surface area (Å²) in [5, 5.41) is 10.3. The van der Waals surface area contributed by atoms with Crippen LogP contribution < -0.4 is 4.74 Å². The molecule has 1 saturated heterocycles. The van der Waals surface area contributed by atoms with Gasteiger partial charge in [0.25, 0.3) is 0 Å². The zero-order valence-corrected chi connectivity index (χ0v) is 12.9. The number of rotatable bonds is 4. The minimum Gasteiger partial charge on any atom is -0.493 e. The molecule has 5 heteroatoms. The lowest BCUT2D eigenvalue weighted by atomic mass is 9.86. The summed E-state index contributed by atoms with van der Waals surface area (Å²) < 4.78 is 28.6. The maximum atomic E-state index is 11.5. The molecule has 0 amide bonds. The van der Waals surface area contributed by atoms with Crippen molar-refractivity contribution in [1.82, 2.24) is 0 Å². The first-order chi connectivity index (χ1) is 10.0. The Morgan fingerprint density at radius 3 is 2.81 bits per heavy atom. The highest BCUT2D eigenvalue weighted by atomic mass is 32.2. The highest BCUT2D eigenvalue weighted by Gasteiger charge is 2.31. The van der Waals surface area contributed by atoms with E-state index >= 15 is 0 Å². The number of hydrogen-bond acceptors (Lipinski definition) is 4. The Bertz CT molecular complexity index is 596. The molecule has 2 aliphatic rings. The molecular weight excluding hydrogens is 288 g/mol. The van der Waals surface area contributed by atoms with Crippen LogP contribution in [0.1, 0.15) is 37.2 Å². The van der Waals surface area contributed by atoms with Crippen LogP contribution in [-0.4, -0.2) is 37.7 Å². The first-order valence-corrected chi connectivity index (χ1v) is 9.46. The van der Waals surface area contributed by atoms with Crippen molar-refractivity contribution in [2.24, 2.45) is 5.92 Å². The molecule has 3 rings (SSSR count). The van der Waals surface area contributed by atoms with Crippen molar-refractivity contribution < 1.29 is 18.3 Å². The number of sulfone groups is 1. The zero-order chi connectivity index (χ0) is 14.9. The summed E-state index contributed by atoms with van der Waals surface area (Å²) in [7, 11) is -2.85. The molecule has 0 radical (unpaired) electrons. The van der Waals surface area contributed by atoms with Gasteiger partial charge in [-0.2, -0.15) is 0 Å². The number of fused-ring (bicyclic) bond motifs is 1. The molecule has 3 atom stereocenters. The van der Waals surface area contributed by atoms with E-state index in [1.54, 1.807) is 0 Å². The van der Waals surface area contributed by atoms with E-state index in [0.717, 1.165) is 12.2 Å². The Labute approximate surface area is 126 Å². The van der Waals surface area contributed by atoms with E-state index in [-0.39, 0.29) is 17.4 Å². The van der Waals surface area contributed by atoms with E-state index in [1.165, 1.54) is 5.56 Å². The lowest BCUT2D eigenvalue weighted by Crippen LogP contribution is -2.21. The SMILES string of the molecule is O=S1(=O)CCC(CC(O)CC2CCOc3ccccc32)C1. The fourth-order valence-corrected chi connectivity index (χ4v) is 5.41. The molecule has 0 aliphatic carbocycles. The van der Waals surface area contributed by atoms with Crippen LogP contribution in [-0.2, 0) is 9.84 Å². The van der Waals surface area contributed by atoms with E-state index in [9.17, 15) is 13.5 Å². The van der Waals surface area contributed by atoms with Gasteiger partial charge in [-0.25, -0.2) is 8.42 Å². The van der Waals surface area contributed by atoms with Gasteiger partial charge in [0.05, 0.1) is 24.2 Å². The molecule has 0 bridgehead atoms. The second kappa shape index (κ2) is 5.97. The monoisotopic (exact) mass is 310 g/mol. The third-order valence-electron chi connectivity index (χ3n) is 4.57. The first kappa shape index (κ1) is 14.9. The standard InChI is InChI=1S/C16H22O4S/c17-14(9-12-6-8-21(18,19)11-12)10-13-5-7-20-16-4-2-1-3-15(13)16/h1-4,12-14,17H,5-11H2. The molecule has 1 fully saturated rings. The van der Waals surface area contributed by atoms with Crippen LogP contribution >= 0.6 is 0 Å². The van der Waals surface area contributed by atoms with Gasteiger partial charge in [-0.3, -0.25) is 0 Å². The van der Waals surface area contributed by atoms with Crippen molar-refractivity contribution in [2.75, 3.05) is 18.1 Å². The molecule has 1 aromatic carbocycles. The smallest absolute Gasteiger partial charge is 0.150 e. The van der Waals surface area contributed by atoms with E-state index in [1.807, 2.05) is 18.2 Å². The van der Waals surface area contributed by atoms with Gasteiger partial charge < -0.3 is 9.84 Å². The predicted octanol–water partition coefficient (Wildman–Crippen LogP) is 2.13. The topological polar surface area (TPSA) is 63.6 Å². The van der Waals surface area contributed by atoms with Crippen molar-refractivity contribution in [2.45, 2.75) is 37.7 Å². The van der Waals surface area contributed by atoms with Gasteiger partial charge in [0.15, 0.2) is 9.84 Å². The first-order valence-electron chi connectivity index (χ1n) is 7.64. The molecule has 2 aliphatic heterocycles. The van der Waals surface area contributed by atoms with Crippen molar-refractivity contribution >= 4 is 9.84 Å². The predicted molar refractivity (Wildman–Crippen MR) is 81.3 cm³/mol. The fourth-order valence-electron chi connectivity index (χ4n) is 3.53. The summed E-state index contributed by atoms with van der Waals surface area (Å²) >= 11 is 0. The number of aliphatic hydroxyl groups is 1. The van der Waals surface area contributed by atoms with Gasteiger partial charge in [-0.05, 0) is 49.1 Å². The Morgan fingerprint density at radius 1 is 1.24 bits per heavy atom. The van der Waals surface area contributed by atoms with Crippen LogP contribution in [0.4, 0.5) is 0 Å². The van der Waals surface area contributed by atoms with Crippen LogP contribution in [0, 0.1) is 5.92 Å². The highest BCUT2D eigenvalue weighted by Crippen LogP contribution is 2.37. The van der Waals surface area contributed by atoms with E-state index in [0.29, 0.717) is 31.8 Å². The Kier molecular flexibility index (Phi) is 4.22. The number of aliphatic hydroxyl groups excluding tert-OH is 1. The van der Waals surface area contributed by atoms with E-state index in [2.05, 4.69) is 6.07 Å². The molecule has 1 N–H and O–H groups in total. The number of benzene rings is 1. The second-order valence-electron chi connectivity index (χ2n) is 6.27. The number of ether oxygens (including phenoxy) is 1. The fraction of sp³-hybridized carbons (Fsp3) is 0.625. The van der Waals surface area contributed by atoms with E-state index in [4.69, 9.17) is 4.74 Å². The lowest BCUT2D eigenvalue weighted by Gasteiger charge is -2.28. The zero-order valence-electron chi connectivity index (χ0n) is 12.1. The number of para-hydroxylation sites is 1. The molecule has 0 aromatic heterocycles. The molecule has 0 spiro atoms. The maximum Gasteiger partial charge on any atom is 0.150 e. The van der Waals surface area contributed by atoms with Gasteiger partial charge in [-0.1, -0.05) is 18.2 Å². The van der Waals surface area contributed by atoms with Crippen LogP contribution in [0.2, 0.25) is 0 Å². The third kappa shape index (κ3) is 3.58. The Morgan fingerprint density at radius 2 is 2.05 bits per heavy atom. The summed E-state index contributed by atoms with van der Waals surface area (Å²) in [6.45, 7) is 0.687. The van der Waals surface area contributed by atoms with Gasteiger partial charge in [-0.15, -0.1) is 0 Å². The summed E-state index contributed by atoms with van der Waals surface area (Å²) in [5.74, 6) is 1.88. The quantitative estimate of drug-likeness (QED) is 0.925. The highest BCUT2D eigenvalue weighted by molar-refractivity contribution is 7.91. The van der Waals surface area contributed by atoms with Crippen LogP contribution in [0.3, 0.4) is 0 Å². The van der Waals surface area contributed by atoms with Crippen molar-refractivity contribution in [3.63, 3.8) is 0 Å². The Balaban J connectivity index is 1.60. The normalized spacial score (nSPS) is 28.6. The molecular formula is C16H22O4S. The maximum absolute atomic E-state index is 11.5. The van der Waals surface area contributed by atoms with Crippen molar-refractivity contribution in [3.05, 3.63) is 29.8 Å².